The summed E-state index contributed by atoms with van der Waals surface area (Å²) in [6.07, 6.45) is 0.378. The highest BCUT2D eigenvalue weighted by Crippen LogP contribution is 2.31. The molecule has 1 amide bonds. The lowest BCUT2D eigenvalue weighted by atomic mass is 10.2. The van der Waals surface area contributed by atoms with Gasteiger partial charge in [0.05, 0.1) is 7.11 Å². The van der Waals surface area contributed by atoms with Gasteiger partial charge in [0.1, 0.15) is 12.3 Å². The summed E-state index contributed by atoms with van der Waals surface area (Å²) in [6.45, 7) is 4.08. The van der Waals surface area contributed by atoms with Gasteiger partial charge in [-0.1, -0.05) is 23.7 Å². The van der Waals surface area contributed by atoms with Crippen molar-refractivity contribution in [3.05, 3.63) is 69.1 Å². The lowest BCUT2D eigenvalue weighted by molar-refractivity contribution is -0.121. The summed E-state index contributed by atoms with van der Waals surface area (Å²) in [6, 6.07) is 12.7. The molecule has 1 heterocycles. The Labute approximate surface area is 190 Å². The number of hydrogen-bond acceptors (Lipinski definition) is 6. The first-order chi connectivity index (χ1) is 15.4. The van der Waals surface area contributed by atoms with Gasteiger partial charge in [-0.15, -0.1) is 10.2 Å². The highest BCUT2D eigenvalue weighted by Gasteiger charge is 2.13. The van der Waals surface area contributed by atoms with E-state index in [0.29, 0.717) is 34.5 Å². The molecule has 0 aliphatic rings. The van der Waals surface area contributed by atoms with Crippen LogP contribution in [0.5, 0.6) is 11.5 Å². The van der Waals surface area contributed by atoms with E-state index in [9.17, 15) is 9.59 Å². The number of amides is 1. The van der Waals surface area contributed by atoms with E-state index in [1.54, 1.807) is 24.3 Å². The number of benzene rings is 2. The van der Waals surface area contributed by atoms with Gasteiger partial charge >= 0.3 is 0 Å². The highest BCUT2D eigenvalue weighted by atomic mass is 35.5. The molecule has 1 aromatic heterocycles. The monoisotopic (exact) mass is 456 g/mol. The summed E-state index contributed by atoms with van der Waals surface area (Å²) in [4.78, 5) is 26.9. The fraction of sp³-hybridized carbons (Fsp3) is 0.304. The lowest BCUT2D eigenvalue weighted by Gasteiger charge is -2.12. The molecule has 3 aromatic rings. The molecule has 0 radical (unpaired) electrons. The third-order valence-electron chi connectivity index (χ3n) is 4.52. The SMILES string of the molecule is COc1cc(-c2nnc(CCC(=O)NC(C)C)c(=O)[nH]2)ccc1OCc1cccc(Cl)c1. The normalized spacial score (nSPS) is 10.8. The smallest absolute Gasteiger partial charge is 0.273 e. The van der Waals surface area contributed by atoms with Crippen molar-refractivity contribution < 1.29 is 14.3 Å². The average molecular weight is 457 g/mol. The summed E-state index contributed by atoms with van der Waals surface area (Å²) in [5.74, 6) is 1.19. The zero-order valence-corrected chi connectivity index (χ0v) is 18.9. The number of aromatic amines is 1. The Bertz CT molecular complexity index is 1150. The van der Waals surface area contributed by atoms with E-state index in [2.05, 4.69) is 20.5 Å². The molecule has 0 atom stereocenters. The molecule has 32 heavy (non-hydrogen) atoms. The molecule has 0 saturated carbocycles. The van der Waals surface area contributed by atoms with Crippen LogP contribution in [0.3, 0.4) is 0 Å². The van der Waals surface area contributed by atoms with Gasteiger partial charge in [-0.3, -0.25) is 9.59 Å². The van der Waals surface area contributed by atoms with E-state index in [1.165, 1.54) is 7.11 Å². The van der Waals surface area contributed by atoms with Crippen LogP contribution in [0.4, 0.5) is 0 Å². The Morgan fingerprint density at radius 2 is 1.97 bits per heavy atom. The predicted octanol–water partition coefficient (Wildman–Crippen LogP) is 3.53. The molecule has 8 nitrogen and oxygen atoms in total. The molecule has 0 saturated heterocycles. The zero-order chi connectivity index (χ0) is 23.1. The van der Waals surface area contributed by atoms with Crippen molar-refractivity contribution in [1.29, 1.82) is 0 Å². The maximum absolute atomic E-state index is 12.4. The van der Waals surface area contributed by atoms with E-state index in [1.807, 2.05) is 32.0 Å². The number of H-pyrrole nitrogens is 1. The molecule has 0 unspecified atom stereocenters. The molecule has 0 bridgehead atoms. The van der Waals surface area contributed by atoms with Crippen LogP contribution < -0.4 is 20.3 Å². The first-order valence-electron chi connectivity index (χ1n) is 10.2. The first kappa shape index (κ1) is 23.3. The van der Waals surface area contributed by atoms with E-state index in [4.69, 9.17) is 21.1 Å². The van der Waals surface area contributed by atoms with Gasteiger partial charge in [0.15, 0.2) is 17.3 Å². The Morgan fingerprint density at radius 1 is 1.16 bits per heavy atom. The molecular weight excluding hydrogens is 432 g/mol. The first-order valence-corrected chi connectivity index (χ1v) is 10.5. The van der Waals surface area contributed by atoms with E-state index in [-0.39, 0.29) is 36.0 Å². The van der Waals surface area contributed by atoms with Gasteiger partial charge in [0.25, 0.3) is 5.56 Å². The number of carbonyl (C=O) groups excluding carboxylic acids is 1. The van der Waals surface area contributed by atoms with Crippen molar-refractivity contribution in [3.63, 3.8) is 0 Å². The Hall–Kier alpha value is -3.39. The van der Waals surface area contributed by atoms with Crippen molar-refractivity contribution in [2.45, 2.75) is 39.3 Å². The minimum absolute atomic E-state index is 0.0432. The number of ether oxygens (including phenoxy) is 2. The lowest BCUT2D eigenvalue weighted by Crippen LogP contribution is -2.31. The third-order valence-corrected chi connectivity index (χ3v) is 4.76. The number of methoxy groups -OCH3 is 1. The van der Waals surface area contributed by atoms with Crippen molar-refractivity contribution in [3.8, 4) is 22.9 Å². The van der Waals surface area contributed by atoms with Crippen molar-refractivity contribution in [2.75, 3.05) is 7.11 Å². The molecule has 0 fully saturated rings. The molecule has 168 valence electrons. The van der Waals surface area contributed by atoms with Gasteiger partial charge in [0, 0.05) is 29.5 Å². The summed E-state index contributed by atoms with van der Waals surface area (Å²) in [5.41, 5.74) is 1.37. The van der Waals surface area contributed by atoms with E-state index >= 15 is 0 Å². The maximum atomic E-state index is 12.4. The largest absolute Gasteiger partial charge is 0.493 e. The topological polar surface area (TPSA) is 106 Å². The average Bonchev–Trinajstić information content (AvgIpc) is 2.76. The Balaban J connectivity index is 1.71. The fourth-order valence-electron chi connectivity index (χ4n) is 3.00. The summed E-state index contributed by atoms with van der Waals surface area (Å²) in [5, 5.41) is 11.5. The van der Waals surface area contributed by atoms with Crippen LogP contribution >= 0.6 is 11.6 Å². The van der Waals surface area contributed by atoms with Gasteiger partial charge in [0.2, 0.25) is 5.91 Å². The van der Waals surface area contributed by atoms with Crippen LogP contribution in [-0.4, -0.2) is 34.2 Å². The van der Waals surface area contributed by atoms with Crippen LogP contribution in [0.1, 0.15) is 31.5 Å². The van der Waals surface area contributed by atoms with Crippen molar-refractivity contribution >= 4 is 17.5 Å². The van der Waals surface area contributed by atoms with E-state index in [0.717, 1.165) is 5.56 Å². The standard InChI is InChI=1S/C23H25ClN4O4/c1-14(2)25-21(29)10-8-18-23(30)26-22(28-27-18)16-7-9-19(20(12-16)31-3)32-13-15-5-4-6-17(24)11-15/h4-7,9,11-12,14H,8,10,13H2,1-3H3,(H,25,29)(H,26,28,30). The van der Waals surface area contributed by atoms with Crippen LogP contribution in [0.25, 0.3) is 11.4 Å². The second kappa shape index (κ2) is 10.8. The van der Waals surface area contributed by atoms with Crippen molar-refractivity contribution in [1.82, 2.24) is 20.5 Å². The highest BCUT2D eigenvalue weighted by molar-refractivity contribution is 6.30. The number of aromatic nitrogens is 3. The minimum atomic E-state index is -0.382. The molecular formula is C23H25ClN4O4. The van der Waals surface area contributed by atoms with Crippen LogP contribution in [-0.2, 0) is 17.8 Å². The Morgan fingerprint density at radius 3 is 2.66 bits per heavy atom. The number of rotatable bonds is 9. The van der Waals surface area contributed by atoms with Gasteiger partial charge < -0.3 is 19.8 Å². The second-order valence-electron chi connectivity index (χ2n) is 7.46. The Kier molecular flexibility index (Phi) is 7.83. The molecule has 3 rings (SSSR count). The van der Waals surface area contributed by atoms with Gasteiger partial charge in [-0.25, -0.2) is 0 Å². The minimum Gasteiger partial charge on any atom is -0.493 e. The quantitative estimate of drug-likeness (QED) is 0.510. The summed E-state index contributed by atoms with van der Waals surface area (Å²) < 4.78 is 11.3. The summed E-state index contributed by atoms with van der Waals surface area (Å²) in [7, 11) is 1.53. The molecule has 0 aliphatic carbocycles. The molecule has 9 heteroatoms. The van der Waals surface area contributed by atoms with Crippen LogP contribution in [0, 0.1) is 0 Å². The van der Waals surface area contributed by atoms with Crippen LogP contribution in [0.2, 0.25) is 5.02 Å². The summed E-state index contributed by atoms with van der Waals surface area (Å²) >= 11 is 6.01. The number of halogens is 1. The molecule has 0 spiro atoms. The van der Waals surface area contributed by atoms with Gasteiger partial charge in [-0.05, 0) is 49.7 Å². The number of nitrogens with zero attached hydrogens (tertiary/aromatic N) is 2. The number of carbonyl (C=O) groups is 1. The fourth-order valence-corrected chi connectivity index (χ4v) is 3.21. The number of hydrogen-bond donors (Lipinski definition) is 2. The predicted molar refractivity (Wildman–Crippen MR) is 122 cm³/mol. The zero-order valence-electron chi connectivity index (χ0n) is 18.1. The molecule has 0 aliphatic heterocycles. The number of aryl methyl sites for hydroxylation is 1. The third kappa shape index (κ3) is 6.31. The number of nitrogens with one attached hydrogen (secondary N) is 2. The van der Waals surface area contributed by atoms with Gasteiger partial charge in [-0.2, -0.15) is 0 Å². The van der Waals surface area contributed by atoms with E-state index < -0.39 is 0 Å². The second-order valence-corrected chi connectivity index (χ2v) is 7.89. The maximum Gasteiger partial charge on any atom is 0.273 e. The van der Waals surface area contributed by atoms with Crippen LogP contribution in [0.15, 0.2) is 47.3 Å². The van der Waals surface area contributed by atoms with Crippen molar-refractivity contribution in [2.24, 2.45) is 0 Å². The molecule has 2 aromatic carbocycles. The molecule has 2 N–H and O–H groups in total.